The molecule has 3 nitrogen and oxygen atoms in total. The van der Waals surface area contributed by atoms with Crippen molar-refractivity contribution in [2.24, 2.45) is 0 Å². The monoisotopic (exact) mass is 275 g/mol. The molecule has 1 aliphatic rings. The van der Waals surface area contributed by atoms with E-state index in [2.05, 4.69) is 19.9 Å². The summed E-state index contributed by atoms with van der Waals surface area (Å²) < 4.78 is 5.76. The largest absolute Gasteiger partial charge is 0.483 e. The number of aryl methyl sites for hydroxylation is 2. The van der Waals surface area contributed by atoms with Crippen LogP contribution in [0, 0.1) is 20.8 Å². The molecule has 0 spiro atoms. The molecule has 1 saturated heterocycles. The van der Waals surface area contributed by atoms with Gasteiger partial charge in [0.15, 0.2) is 6.61 Å². The molecule has 0 atom stereocenters. The molecular formula is C17H25NO2. The minimum Gasteiger partial charge on any atom is -0.483 e. The van der Waals surface area contributed by atoms with Crippen LogP contribution < -0.4 is 4.74 Å². The molecule has 1 amide bonds. The van der Waals surface area contributed by atoms with Gasteiger partial charge in [0.05, 0.1) is 0 Å². The van der Waals surface area contributed by atoms with E-state index < -0.39 is 0 Å². The molecule has 0 bridgehead atoms. The molecule has 1 fully saturated rings. The van der Waals surface area contributed by atoms with Gasteiger partial charge in [0, 0.05) is 13.1 Å². The van der Waals surface area contributed by atoms with Gasteiger partial charge in [-0.25, -0.2) is 0 Å². The maximum Gasteiger partial charge on any atom is 0.260 e. The molecule has 0 saturated carbocycles. The Balaban J connectivity index is 1.96. The molecule has 0 unspecified atom stereocenters. The highest BCUT2D eigenvalue weighted by molar-refractivity contribution is 5.77. The molecule has 2 rings (SSSR count). The first kappa shape index (κ1) is 14.9. The first-order valence-electron chi connectivity index (χ1n) is 7.56. The molecule has 1 aliphatic heterocycles. The van der Waals surface area contributed by atoms with Crippen molar-refractivity contribution >= 4 is 5.91 Å². The van der Waals surface area contributed by atoms with Gasteiger partial charge in [-0.2, -0.15) is 0 Å². The second-order valence-corrected chi connectivity index (χ2v) is 5.79. The first-order chi connectivity index (χ1) is 9.58. The summed E-state index contributed by atoms with van der Waals surface area (Å²) >= 11 is 0. The average Bonchev–Trinajstić information content (AvgIpc) is 2.69. The molecule has 3 heteroatoms. The maximum atomic E-state index is 12.2. The maximum absolute atomic E-state index is 12.2. The fourth-order valence-corrected chi connectivity index (χ4v) is 2.70. The van der Waals surface area contributed by atoms with E-state index in [0.717, 1.165) is 37.2 Å². The van der Waals surface area contributed by atoms with Gasteiger partial charge >= 0.3 is 0 Å². The number of rotatable bonds is 3. The molecule has 1 aromatic rings. The number of hydrogen-bond donors (Lipinski definition) is 0. The zero-order chi connectivity index (χ0) is 14.5. The van der Waals surface area contributed by atoms with Crippen LogP contribution in [0.2, 0.25) is 0 Å². The summed E-state index contributed by atoms with van der Waals surface area (Å²) in [4.78, 5) is 14.2. The second kappa shape index (κ2) is 6.78. The number of ether oxygens (including phenoxy) is 1. The summed E-state index contributed by atoms with van der Waals surface area (Å²) in [7, 11) is 0. The van der Waals surface area contributed by atoms with E-state index in [0.29, 0.717) is 0 Å². The SMILES string of the molecule is Cc1cc(C)c(C)c(OCC(=O)N2CCCCCC2)c1. The Morgan fingerprint density at radius 3 is 2.40 bits per heavy atom. The van der Waals surface area contributed by atoms with Crippen molar-refractivity contribution in [3.05, 3.63) is 28.8 Å². The molecular weight excluding hydrogens is 250 g/mol. The van der Waals surface area contributed by atoms with Crippen molar-refractivity contribution in [2.45, 2.75) is 46.5 Å². The van der Waals surface area contributed by atoms with Gasteiger partial charge in [0.1, 0.15) is 5.75 Å². The summed E-state index contributed by atoms with van der Waals surface area (Å²) in [5, 5.41) is 0. The molecule has 0 aromatic heterocycles. The molecule has 1 aromatic carbocycles. The van der Waals surface area contributed by atoms with Gasteiger partial charge < -0.3 is 9.64 Å². The van der Waals surface area contributed by atoms with Gasteiger partial charge in [-0.15, -0.1) is 0 Å². The Kier molecular flexibility index (Phi) is 5.05. The van der Waals surface area contributed by atoms with Crippen molar-refractivity contribution in [2.75, 3.05) is 19.7 Å². The predicted molar refractivity (Wildman–Crippen MR) is 81.2 cm³/mol. The van der Waals surface area contributed by atoms with Gasteiger partial charge in [-0.3, -0.25) is 4.79 Å². The Morgan fingerprint density at radius 1 is 1.10 bits per heavy atom. The van der Waals surface area contributed by atoms with E-state index >= 15 is 0 Å². The highest BCUT2D eigenvalue weighted by atomic mass is 16.5. The van der Waals surface area contributed by atoms with Crippen LogP contribution in [-0.2, 0) is 4.79 Å². The van der Waals surface area contributed by atoms with Gasteiger partial charge in [-0.1, -0.05) is 18.9 Å². The fraction of sp³-hybridized carbons (Fsp3) is 0.588. The zero-order valence-electron chi connectivity index (χ0n) is 12.9. The third-order valence-corrected chi connectivity index (χ3v) is 4.07. The smallest absolute Gasteiger partial charge is 0.260 e. The fourth-order valence-electron chi connectivity index (χ4n) is 2.70. The molecule has 0 radical (unpaired) electrons. The number of nitrogens with zero attached hydrogens (tertiary/aromatic N) is 1. The molecule has 0 aliphatic carbocycles. The minimum absolute atomic E-state index is 0.116. The number of hydrogen-bond acceptors (Lipinski definition) is 2. The van der Waals surface area contributed by atoms with E-state index in [-0.39, 0.29) is 12.5 Å². The summed E-state index contributed by atoms with van der Waals surface area (Å²) in [6.07, 6.45) is 4.71. The lowest BCUT2D eigenvalue weighted by atomic mass is 10.1. The number of benzene rings is 1. The van der Waals surface area contributed by atoms with Gasteiger partial charge in [0.25, 0.3) is 5.91 Å². The first-order valence-corrected chi connectivity index (χ1v) is 7.56. The summed E-state index contributed by atoms with van der Waals surface area (Å²) in [5.41, 5.74) is 3.51. The summed E-state index contributed by atoms with van der Waals surface area (Å²) in [6, 6.07) is 4.15. The van der Waals surface area contributed by atoms with Crippen LogP contribution in [0.5, 0.6) is 5.75 Å². The lowest BCUT2D eigenvalue weighted by Gasteiger charge is -2.21. The van der Waals surface area contributed by atoms with Crippen molar-refractivity contribution in [3.8, 4) is 5.75 Å². The Labute approximate surface area is 121 Å². The van der Waals surface area contributed by atoms with E-state index in [1.165, 1.54) is 24.0 Å². The highest BCUT2D eigenvalue weighted by Crippen LogP contribution is 2.23. The van der Waals surface area contributed by atoms with Crippen molar-refractivity contribution in [1.82, 2.24) is 4.90 Å². The average molecular weight is 275 g/mol. The Bertz CT molecular complexity index is 474. The number of likely N-dealkylation sites (tertiary alicyclic amines) is 1. The lowest BCUT2D eigenvalue weighted by Crippen LogP contribution is -2.35. The standard InChI is InChI=1S/C17H25NO2/c1-13-10-14(2)15(3)16(11-13)20-12-17(19)18-8-6-4-5-7-9-18/h10-11H,4-9,12H2,1-3H3. The van der Waals surface area contributed by atoms with Crippen LogP contribution in [0.1, 0.15) is 42.4 Å². The van der Waals surface area contributed by atoms with E-state index in [9.17, 15) is 4.79 Å². The van der Waals surface area contributed by atoms with Crippen LogP contribution in [0.4, 0.5) is 0 Å². The molecule has 0 N–H and O–H groups in total. The molecule has 20 heavy (non-hydrogen) atoms. The van der Waals surface area contributed by atoms with Crippen LogP contribution in [0.15, 0.2) is 12.1 Å². The molecule has 110 valence electrons. The highest BCUT2D eigenvalue weighted by Gasteiger charge is 2.16. The van der Waals surface area contributed by atoms with Crippen LogP contribution in [-0.4, -0.2) is 30.5 Å². The lowest BCUT2D eigenvalue weighted by molar-refractivity contribution is -0.133. The number of amides is 1. The minimum atomic E-state index is 0.116. The van der Waals surface area contributed by atoms with Crippen molar-refractivity contribution in [3.63, 3.8) is 0 Å². The normalized spacial score (nSPS) is 15.8. The Hall–Kier alpha value is -1.51. The second-order valence-electron chi connectivity index (χ2n) is 5.79. The molecule has 1 heterocycles. The third kappa shape index (κ3) is 3.75. The van der Waals surface area contributed by atoms with Gasteiger partial charge in [0.2, 0.25) is 0 Å². The number of carbonyl (C=O) groups excluding carboxylic acids is 1. The van der Waals surface area contributed by atoms with E-state index in [1.54, 1.807) is 0 Å². The van der Waals surface area contributed by atoms with Crippen molar-refractivity contribution < 1.29 is 9.53 Å². The van der Waals surface area contributed by atoms with E-state index in [4.69, 9.17) is 4.74 Å². The van der Waals surface area contributed by atoms with Crippen LogP contribution in [0.25, 0.3) is 0 Å². The van der Waals surface area contributed by atoms with E-state index in [1.807, 2.05) is 17.9 Å². The number of carbonyl (C=O) groups is 1. The van der Waals surface area contributed by atoms with Crippen LogP contribution in [0.3, 0.4) is 0 Å². The summed E-state index contributed by atoms with van der Waals surface area (Å²) in [6.45, 7) is 8.09. The van der Waals surface area contributed by atoms with Crippen LogP contribution >= 0.6 is 0 Å². The predicted octanol–water partition coefficient (Wildman–Crippen LogP) is 3.39. The summed E-state index contributed by atoms with van der Waals surface area (Å²) in [5.74, 6) is 0.955. The quantitative estimate of drug-likeness (QED) is 0.846. The van der Waals surface area contributed by atoms with Crippen molar-refractivity contribution in [1.29, 1.82) is 0 Å². The van der Waals surface area contributed by atoms with Gasteiger partial charge in [-0.05, 0) is 56.4 Å². The Morgan fingerprint density at radius 2 is 1.75 bits per heavy atom. The third-order valence-electron chi connectivity index (χ3n) is 4.07. The topological polar surface area (TPSA) is 29.5 Å². The zero-order valence-corrected chi connectivity index (χ0v) is 12.9.